The molecule has 0 saturated carbocycles. The van der Waals surface area contributed by atoms with E-state index in [1.165, 1.54) is 18.2 Å². The van der Waals surface area contributed by atoms with Crippen molar-refractivity contribution in [3.05, 3.63) is 29.3 Å². The normalized spacial score (nSPS) is 13.3. The second-order valence-corrected chi connectivity index (χ2v) is 5.09. The fourth-order valence-corrected chi connectivity index (χ4v) is 1.56. The molecule has 2 unspecified atom stereocenters. The summed E-state index contributed by atoms with van der Waals surface area (Å²) in [6.45, 7) is 7.46. The predicted molar refractivity (Wildman–Crippen MR) is 81.2 cm³/mol. The Morgan fingerprint density at radius 1 is 0.952 bits per heavy atom. The molecule has 1 aromatic carbocycles. The molecule has 0 heterocycles. The van der Waals surface area contributed by atoms with Crippen molar-refractivity contribution in [2.24, 2.45) is 0 Å². The van der Waals surface area contributed by atoms with Gasteiger partial charge in [-0.25, -0.2) is 9.59 Å². The van der Waals surface area contributed by atoms with Crippen LogP contribution in [0.1, 0.15) is 61.3 Å². The second-order valence-electron chi connectivity index (χ2n) is 5.09. The smallest absolute Gasteiger partial charge is 0.338 e. The molecule has 0 fully saturated rings. The van der Waals surface area contributed by atoms with Crippen LogP contribution in [0.25, 0.3) is 0 Å². The van der Waals surface area contributed by atoms with Crippen LogP contribution in [0.15, 0.2) is 18.2 Å². The first-order valence-corrected chi connectivity index (χ1v) is 7.19. The third-order valence-electron chi connectivity index (χ3n) is 3.19. The van der Waals surface area contributed by atoms with Crippen LogP contribution < -0.4 is 5.73 Å². The van der Waals surface area contributed by atoms with E-state index in [1.54, 1.807) is 0 Å². The minimum Gasteiger partial charge on any atom is -0.459 e. The van der Waals surface area contributed by atoms with Gasteiger partial charge in [-0.05, 0) is 44.9 Å². The molecule has 2 N–H and O–H groups in total. The standard InChI is InChI=1S/C16H23NO4/c1-5-10(3)20-15(18)12-7-13(9-14(17)8-12)16(19)21-11(4)6-2/h7-11H,5-6,17H2,1-4H3. The largest absolute Gasteiger partial charge is 0.459 e. The Morgan fingerprint density at radius 3 is 1.67 bits per heavy atom. The van der Waals surface area contributed by atoms with Crippen LogP contribution >= 0.6 is 0 Å². The van der Waals surface area contributed by atoms with E-state index in [1.807, 2.05) is 27.7 Å². The van der Waals surface area contributed by atoms with E-state index in [4.69, 9.17) is 15.2 Å². The van der Waals surface area contributed by atoms with Gasteiger partial charge in [-0.15, -0.1) is 0 Å². The zero-order chi connectivity index (χ0) is 16.0. The lowest BCUT2D eigenvalue weighted by molar-refractivity contribution is 0.0333. The highest BCUT2D eigenvalue weighted by molar-refractivity contribution is 5.96. The number of nitrogen functional groups attached to an aromatic ring is 1. The number of hydrogen-bond acceptors (Lipinski definition) is 5. The molecule has 0 aromatic heterocycles. The first kappa shape index (κ1) is 17.0. The highest BCUT2D eigenvalue weighted by Gasteiger charge is 2.17. The first-order valence-electron chi connectivity index (χ1n) is 7.19. The van der Waals surface area contributed by atoms with Gasteiger partial charge in [0.05, 0.1) is 23.3 Å². The van der Waals surface area contributed by atoms with E-state index >= 15 is 0 Å². The number of carbonyl (C=O) groups is 2. The van der Waals surface area contributed by atoms with Crippen LogP contribution in [0.5, 0.6) is 0 Å². The highest BCUT2D eigenvalue weighted by atomic mass is 16.5. The molecule has 5 nitrogen and oxygen atoms in total. The number of benzene rings is 1. The molecule has 2 atom stereocenters. The van der Waals surface area contributed by atoms with E-state index in [-0.39, 0.29) is 23.3 Å². The van der Waals surface area contributed by atoms with Crippen molar-refractivity contribution in [1.82, 2.24) is 0 Å². The average molecular weight is 293 g/mol. The Hall–Kier alpha value is -2.04. The summed E-state index contributed by atoms with van der Waals surface area (Å²) in [6, 6.07) is 4.43. The van der Waals surface area contributed by atoms with E-state index in [2.05, 4.69) is 0 Å². The van der Waals surface area contributed by atoms with Crippen molar-refractivity contribution >= 4 is 17.6 Å². The van der Waals surface area contributed by atoms with E-state index in [0.29, 0.717) is 5.69 Å². The lowest BCUT2D eigenvalue weighted by atomic mass is 10.1. The zero-order valence-electron chi connectivity index (χ0n) is 13.0. The fraction of sp³-hybridized carbons (Fsp3) is 0.500. The Morgan fingerprint density at radius 2 is 1.33 bits per heavy atom. The second kappa shape index (κ2) is 7.67. The number of hydrogen-bond donors (Lipinski definition) is 1. The van der Waals surface area contributed by atoms with Crippen molar-refractivity contribution in [3.63, 3.8) is 0 Å². The molecule has 116 valence electrons. The molecule has 0 bridgehead atoms. The lowest BCUT2D eigenvalue weighted by Gasteiger charge is -2.13. The van der Waals surface area contributed by atoms with Gasteiger partial charge in [0.2, 0.25) is 0 Å². The summed E-state index contributed by atoms with van der Waals surface area (Å²) < 4.78 is 10.5. The quantitative estimate of drug-likeness (QED) is 0.643. The molecule has 5 heteroatoms. The summed E-state index contributed by atoms with van der Waals surface area (Å²) in [7, 11) is 0. The van der Waals surface area contributed by atoms with Crippen molar-refractivity contribution in [3.8, 4) is 0 Å². The molecule has 0 radical (unpaired) electrons. The summed E-state index contributed by atoms with van der Waals surface area (Å²) in [5.74, 6) is -0.983. The Kier molecular flexibility index (Phi) is 6.21. The molecule has 21 heavy (non-hydrogen) atoms. The lowest BCUT2D eigenvalue weighted by Crippen LogP contribution is -2.17. The summed E-state index contributed by atoms with van der Waals surface area (Å²) in [6.07, 6.45) is 1.07. The number of carbonyl (C=O) groups excluding carboxylic acids is 2. The van der Waals surface area contributed by atoms with Gasteiger partial charge < -0.3 is 15.2 Å². The maximum Gasteiger partial charge on any atom is 0.338 e. The van der Waals surface area contributed by atoms with Crippen LogP contribution in [0.4, 0.5) is 5.69 Å². The molecular formula is C16H23NO4. The maximum atomic E-state index is 12.0. The average Bonchev–Trinajstić information content (AvgIpc) is 2.45. The number of nitrogens with two attached hydrogens (primary N) is 1. The van der Waals surface area contributed by atoms with Gasteiger partial charge in [0.15, 0.2) is 0 Å². The van der Waals surface area contributed by atoms with Crippen LogP contribution in [0.2, 0.25) is 0 Å². The number of ether oxygens (including phenoxy) is 2. The Labute approximate surface area is 125 Å². The van der Waals surface area contributed by atoms with E-state index in [0.717, 1.165) is 12.8 Å². The van der Waals surface area contributed by atoms with Gasteiger partial charge in [0.1, 0.15) is 0 Å². The van der Waals surface area contributed by atoms with Crippen LogP contribution in [0.3, 0.4) is 0 Å². The molecule has 0 saturated heterocycles. The Bertz CT molecular complexity index is 471. The minimum absolute atomic E-state index is 0.186. The van der Waals surface area contributed by atoms with Crippen molar-refractivity contribution < 1.29 is 19.1 Å². The van der Waals surface area contributed by atoms with Gasteiger partial charge >= 0.3 is 11.9 Å². The van der Waals surface area contributed by atoms with Crippen LogP contribution in [-0.2, 0) is 9.47 Å². The number of esters is 2. The fourth-order valence-electron chi connectivity index (χ4n) is 1.56. The van der Waals surface area contributed by atoms with Gasteiger partial charge in [-0.3, -0.25) is 0 Å². The van der Waals surface area contributed by atoms with Gasteiger partial charge in [0, 0.05) is 5.69 Å². The maximum absolute atomic E-state index is 12.0. The Balaban J connectivity index is 2.94. The van der Waals surface area contributed by atoms with E-state index < -0.39 is 11.9 Å². The van der Waals surface area contributed by atoms with Crippen LogP contribution in [0, 0.1) is 0 Å². The van der Waals surface area contributed by atoms with E-state index in [9.17, 15) is 9.59 Å². The molecule has 0 aliphatic heterocycles. The third-order valence-corrected chi connectivity index (χ3v) is 3.19. The topological polar surface area (TPSA) is 78.6 Å². The monoisotopic (exact) mass is 293 g/mol. The van der Waals surface area contributed by atoms with Crippen molar-refractivity contribution in [1.29, 1.82) is 0 Å². The molecule has 0 spiro atoms. The molecule has 0 aliphatic carbocycles. The molecule has 1 rings (SSSR count). The highest BCUT2D eigenvalue weighted by Crippen LogP contribution is 2.16. The number of rotatable bonds is 6. The predicted octanol–water partition coefficient (Wildman–Crippen LogP) is 3.18. The summed E-state index contributed by atoms with van der Waals surface area (Å²) in [5, 5.41) is 0. The summed E-state index contributed by atoms with van der Waals surface area (Å²) >= 11 is 0. The summed E-state index contributed by atoms with van der Waals surface area (Å²) in [5.41, 5.74) is 6.58. The third kappa shape index (κ3) is 5.10. The molecule has 0 aliphatic rings. The first-order chi connectivity index (χ1) is 9.87. The van der Waals surface area contributed by atoms with Gasteiger partial charge in [-0.2, -0.15) is 0 Å². The molecule has 1 aromatic rings. The minimum atomic E-state index is -0.491. The van der Waals surface area contributed by atoms with Gasteiger partial charge in [-0.1, -0.05) is 13.8 Å². The van der Waals surface area contributed by atoms with Crippen molar-refractivity contribution in [2.75, 3.05) is 5.73 Å². The summed E-state index contributed by atoms with van der Waals surface area (Å²) in [4.78, 5) is 24.0. The number of anilines is 1. The van der Waals surface area contributed by atoms with Gasteiger partial charge in [0.25, 0.3) is 0 Å². The van der Waals surface area contributed by atoms with Crippen molar-refractivity contribution in [2.45, 2.75) is 52.7 Å². The SMILES string of the molecule is CCC(C)OC(=O)c1cc(N)cc(C(=O)OC(C)CC)c1. The zero-order valence-corrected chi connectivity index (χ0v) is 13.0. The molecular weight excluding hydrogens is 270 g/mol. The van der Waals surface area contributed by atoms with Crippen LogP contribution in [-0.4, -0.2) is 24.1 Å². The molecule has 0 amide bonds.